The first-order chi connectivity index (χ1) is 31.3. The molecule has 9 heteroatoms. The highest BCUT2D eigenvalue weighted by molar-refractivity contribution is 6.11. The van der Waals surface area contributed by atoms with Gasteiger partial charge in [-0.05, 0) is 90.9 Å². The van der Waals surface area contributed by atoms with Crippen LogP contribution in [0.4, 0.5) is 0 Å². The number of rotatable bonds is 7. The van der Waals surface area contributed by atoms with Gasteiger partial charge in [0.2, 0.25) is 5.95 Å². The molecule has 6 aromatic carbocycles. The minimum Gasteiger partial charge on any atom is -0.457 e. The predicted molar refractivity (Wildman–Crippen MR) is 234 cm³/mol. The topological polar surface area (TPSA) is 84.8 Å². The molecule has 12 rings (SSSR count). The van der Waals surface area contributed by atoms with Gasteiger partial charge in [0.05, 0.1) is 40.0 Å². The van der Waals surface area contributed by atoms with Gasteiger partial charge in [-0.2, -0.15) is 0 Å². The van der Waals surface area contributed by atoms with Crippen LogP contribution >= 0.6 is 0 Å². The van der Waals surface area contributed by atoms with Gasteiger partial charge < -0.3 is 9.47 Å². The van der Waals surface area contributed by atoms with Crippen molar-refractivity contribution in [1.29, 1.82) is 0 Å². The maximum Gasteiger partial charge on any atom is 0.234 e. The van der Waals surface area contributed by atoms with Gasteiger partial charge in [0.1, 0.15) is 34.6 Å². The van der Waals surface area contributed by atoms with Crippen molar-refractivity contribution in [1.82, 2.24) is 33.6 Å². The number of para-hydroxylation sites is 2. The van der Waals surface area contributed by atoms with Crippen molar-refractivity contribution >= 4 is 65.4 Å². The summed E-state index contributed by atoms with van der Waals surface area (Å²) in [5.74, 6) is 3.40. The van der Waals surface area contributed by atoms with E-state index in [1.165, 1.54) is 12.4 Å². The van der Waals surface area contributed by atoms with Crippen molar-refractivity contribution in [2.45, 2.75) is 0 Å². The van der Waals surface area contributed by atoms with E-state index in [2.05, 4.69) is 19.9 Å². The van der Waals surface area contributed by atoms with Gasteiger partial charge in [0, 0.05) is 81.4 Å². The van der Waals surface area contributed by atoms with Gasteiger partial charge in [0.25, 0.3) is 0 Å². The Balaban J connectivity index is 0.976. The van der Waals surface area contributed by atoms with E-state index >= 15 is 0 Å². The molecule has 6 heterocycles. The quantitative estimate of drug-likeness (QED) is 0.161. The molecule has 0 saturated carbocycles. The number of hydrogen-bond acceptors (Lipinski definition) is 6. The van der Waals surface area contributed by atoms with Gasteiger partial charge in [-0.15, -0.1) is 0 Å². The lowest BCUT2D eigenvalue weighted by Crippen LogP contribution is -2.00. The Morgan fingerprint density at radius 1 is 0.356 bits per heavy atom. The lowest BCUT2D eigenvalue weighted by atomic mass is 10.1. The first-order valence-electron chi connectivity index (χ1n) is 21.4. The fourth-order valence-corrected chi connectivity index (χ4v) is 8.19. The van der Waals surface area contributed by atoms with Gasteiger partial charge in [0.15, 0.2) is 0 Å². The van der Waals surface area contributed by atoms with E-state index in [4.69, 9.17) is 16.3 Å². The number of benzene rings is 6. The minimum absolute atomic E-state index is 0.171. The lowest BCUT2D eigenvalue weighted by molar-refractivity contribution is 0.484. The summed E-state index contributed by atoms with van der Waals surface area (Å²) in [6.07, 6.45) is 6.12. The summed E-state index contributed by atoms with van der Waals surface area (Å²) < 4.78 is 61.9. The van der Waals surface area contributed by atoms with E-state index in [0.717, 1.165) is 65.4 Å². The molecule has 6 aromatic heterocycles. The molecule has 0 N–H and O–H groups in total. The summed E-state index contributed by atoms with van der Waals surface area (Å²) in [4.78, 5) is 18.3. The van der Waals surface area contributed by atoms with E-state index in [9.17, 15) is 0 Å². The average molecular weight is 767 g/mol. The third-order valence-corrected chi connectivity index (χ3v) is 10.6. The zero-order valence-corrected chi connectivity index (χ0v) is 31.0. The van der Waals surface area contributed by atoms with Crippen LogP contribution in [0.15, 0.2) is 188 Å². The van der Waals surface area contributed by atoms with Crippen molar-refractivity contribution in [3.05, 3.63) is 188 Å². The Labute approximate surface area is 343 Å². The number of fused-ring (bicyclic) bond motifs is 9. The normalized spacial score (nSPS) is 12.9. The maximum atomic E-state index is 9.15. The summed E-state index contributed by atoms with van der Waals surface area (Å²) in [6.45, 7) is 0. The average Bonchev–Trinajstić information content (AvgIpc) is 3.92. The van der Waals surface area contributed by atoms with Crippen LogP contribution in [0.1, 0.15) is 6.85 Å². The molecule has 0 atom stereocenters. The number of ether oxygens (including phenoxy) is 2. The van der Waals surface area contributed by atoms with Gasteiger partial charge in [-0.3, -0.25) is 13.7 Å². The van der Waals surface area contributed by atoms with Crippen LogP contribution in [0.5, 0.6) is 23.0 Å². The van der Waals surface area contributed by atoms with Gasteiger partial charge in [-0.1, -0.05) is 48.5 Å². The van der Waals surface area contributed by atoms with Crippen molar-refractivity contribution in [3.8, 4) is 40.6 Å². The monoisotopic (exact) mass is 766 g/mol. The second-order valence-corrected chi connectivity index (χ2v) is 14.0. The molecule has 0 aliphatic heterocycles. The Bertz CT molecular complexity index is 3650. The molecular weight excluding hydrogens is 731 g/mol. The SMILES string of the molecule is [2H]c1cnc(-n2c3cc(Oc4cc([2H])c5c6ccccc6n(-c6cc([2H])ccn6)c5c4)ccc3c3ccc(Oc4cc([2H])c5c6ccccc6n(-c6cc([2H])ccn6)c5c4)cc32)nc1. The molecule has 0 radical (unpaired) electrons. The molecule has 12 aromatic rings. The third-order valence-electron chi connectivity index (χ3n) is 10.6. The van der Waals surface area contributed by atoms with Gasteiger partial charge >= 0.3 is 0 Å². The number of nitrogens with zero attached hydrogens (tertiary/aromatic N) is 7. The van der Waals surface area contributed by atoms with Crippen LogP contribution in [0.25, 0.3) is 83.0 Å². The van der Waals surface area contributed by atoms with Crippen molar-refractivity contribution in [3.63, 3.8) is 0 Å². The molecule has 0 amide bonds. The molecule has 9 nitrogen and oxygen atoms in total. The van der Waals surface area contributed by atoms with Crippen LogP contribution in [-0.4, -0.2) is 33.6 Å². The van der Waals surface area contributed by atoms with E-state index in [-0.39, 0.29) is 18.1 Å². The molecule has 0 unspecified atom stereocenters. The summed E-state index contributed by atoms with van der Waals surface area (Å²) >= 11 is 0. The zero-order chi connectivity index (χ0) is 43.2. The molecule has 0 spiro atoms. The molecule has 0 saturated heterocycles. The molecule has 0 aliphatic carbocycles. The minimum atomic E-state index is 0.171. The van der Waals surface area contributed by atoms with E-state index < -0.39 is 0 Å². The second-order valence-electron chi connectivity index (χ2n) is 14.0. The van der Waals surface area contributed by atoms with E-state index in [1.54, 1.807) is 48.8 Å². The Kier molecular flexibility index (Phi) is 6.27. The molecule has 59 heavy (non-hydrogen) atoms. The molecule has 0 fully saturated rings. The molecular formula is C50H31N7O2. The fourth-order valence-electron chi connectivity index (χ4n) is 8.19. The summed E-state index contributed by atoms with van der Waals surface area (Å²) in [7, 11) is 0. The van der Waals surface area contributed by atoms with Crippen LogP contribution < -0.4 is 9.47 Å². The zero-order valence-electron chi connectivity index (χ0n) is 36.0. The number of aromatic nitrogens is 7. The summed E-state index contributed by atoms with van der Waals surface area (Å²) in [5.41, 5.74) is 4.67. The molecule has 0 aliphatic rings. The van der Waals surface area contributed by atoms with Crippen LogP contribution in [0.2, 0.25) is 0 Å². The van der Waals surface area contributed by atoms with Crippen LogP contribution in [-0.2, 0) is 0 Å². The molecule has 278 valence electrons. The van der Waals surface area contributed by atoms with E-state index in [1.807, 2.05) is 111 Å². The van der Waals surface area contributed by atoms with Crippen LogP contribution in [0.3, 0.4) is 0 Å². The first-order valence-corrected chi connectivity index (χ1v) is 18.9. The van der Waals surface area contributed by atoms with Crippen molar-refractivity contribution in [2.75, 3.05) is 0 Å². The van der Waals surface area contributed by atoms with Gasteiger partial charge in [-0.25, -0.2) is 19.9 Å². The highest BCUT2D eigenvalue weighted by Gasteiger charge is 2.19. The third kappa shape index (κ3) is 5.33. The Morgan fingerprint density at radius 3 is 1.29 bits per heavy atom. The Morgan fingerprint density at radius 2 is 0.797 bits per heavy atom. The standard InChI is InChI=1S/C50H31N7O2/c1-3-12-42-36(10-1)38-20-16-32(28-44(38)55(42)48-14-5-7-24-51-48)58-34-18-22-40-41-23-19-35(31-47(41)57(46(40)30-34)50-53-26-9-27-54-50)59-33-17-21-39-37-11-2-4-13-43(37)56(45(39)29-33)49-15-6-8-25-52-49/h1-31H/i5D,6D,9D,20D,21D. The van der Waals surface area contributed by atoms with Crippen molar-refractivity contribution in [2.24, 2.45) is 0 Å². The molecule has 0 bridgehead atoms. The second kappa shape index (κ2) is 13.1. The first kappa shape index (κ1) is 28.1. The lowest BCUT2D eigenvalue weighted by Gasteiger charge is -2.10. The summed E-state index contributed by atoms with van der Waals surface area (Å²) in [6, 6.07) is 42.5. The maximum absolute atomic E-state index is 9.15. The highest BCUT2D eigenvalue weighted by Crippen LogP contribution is 2.40. The number of hydrogen-bond donors (Lipinski definition) is 0. The van der Waals surface area contributed by atoms with E-state index in [0.29, 0.717) is 52.7 Å². The predicted octanol–water partition coefficient (Wildman–Crippen LogP) is 12.1. The number of pyridine rings is 2. The Hall–Kier alpha value is -8.30. The highest BCUT2D eigenvalue weighted by atomic mass is 16.5. The largest absolute Gasteiger partial charge is 0.457 e. The van der Waals surface area contributed by atoms with Crippen LogP contribution in [0, 0.1) is 0 Å². The smallest absolute Gasteiger partial charge is 0.234 e. The summed E-state index contributed by atoms with van der Waals surface area (Å²) in [5, 5.41) is 5.09. The fraction of sp³-hybridized carbons (Fsp3) is 0. The van der Waals surface area contributed by atoms with Crippen molar-refractivity contribution < 1.29 is 16.3 Å².